The van der Waals surface area contributed by atoms with E-state index in [1.165, 1.54) is 0 Å². The number of nitrogens with zero attached hydrogens (tertiary/aromatic N) is 4. The fourth-order valence-corrected chi connectivity index (χ4v) is 2.32. The molecule has 3 rings (SSSR count). The van der Waals surface area contributed by atoms with Gasteiger partial charge in [0, 0.05) is 5.56 Å². The quantitative estimate of drug-likeness (QED) is 0.757. The van der Waals surface area contributed by atoms with Crippen LogP contribution in [0, 0.1) is 0 Å². The maximum absolute atomic E-state index is 5.90. The number of ether oxygens (including phenoxy) is 1. The number of hydrogen-bond donors (Lipinski definition) is 2. The molecule has 1 aromatic carbocycles. The minimum Gasteiger partial charge on any atom is -0.496 e. The van der Waals surface area contributed by atoms with Crippen molar-refractivity contribution < 1.29 is 4.74 Å². The number of nitrogens with two attached hydrogens (primary N) is 2. The van der Waals surface area contributed by atoms with Crippen LogP contribution in [0.4, 0.5) is 11.8 Å². The first kappa shape index (κ1) is 14.0. The molecular formula is C15H16N6O. The predicted molar refractivity (Wildman–Crippen MR) is 85.3 cm³/mol. The first-order valence-corrected chi connectivity index (χ1v) is 6.87. The number of hydrogen-bond acceptors (Lipinski definition) is 7. The zero-order valence-corrected chi connectivity index (χ0v) is 12.4. The molecule has 3 aromatic rings. The number of aromatic nitrogens is 4. The van der Waals surface area contributed by atoms with E-state index >= 15 is 0 Å². The van der Waals surface area contributed by atoms with Gasteiger partial charge in [-0.25, -0.2) is 9.97 Å². The highest BCUT2D eigenvalue weighted by atomic mass is 16.5. The summed E-state index contributed by atoms with van der Waals surface area (Å²) in [5.41, 5.74) is 14.7. The van der Waals surface area contributed by atoms with Gasteiger partial charge in [0.1, 0.15) is 5.75 Å². The predicted octanol–water partition coefficient (Wildman–Crippen LogP) is 1.82. The number of methoxy groups -OCH3 is 1. The highest BCUT2D eigenvalue weighted by molar-refractivity contribution is 5.85. The molecule has 0 spiro atoms. The zero-order chi connectivity index (χ0) is 15.7. The lowest BCUT2D eigenvalue weighted by atomic mass is 10.1. The van der Waals surface area contributed by atoms with Crippen LogP contribution in [0.3, 0.4) is 0 Å². The van der Waals surface area contributed by atoms with Gasteiger partial charge in [-0.3, -0.25) is 0 Å². The average Bonchev–Trinajstić information content (AvgIpc) is 2.53. The van der Waals surface area contributed by atoms with Crippen LogP contribution in [0.2, 0.25) is 0 Å². The number of fused-ring (bicyclic) bond motifs is 1. The van der Waals surface area contributed by atoms with E-state index in [0.29, 0.717) is 23.3 Å². The summed E-state index contributed by atoms with van der Waals surface area (Å²) in [6, 6.07) is 7.64. The largest absolute Gasteiger partial charge is 0.496 e. The number of nitrogen functional groups attached to an aromatic ring is 2. The van der Waals surface area contributed by atoms with Crippen molar-refractivity contribution in [2.45, 2.75) is 13.3 Å². The van der Waals surface area contributed by atoms with Gasteiger partial charge in [-0.2, -0.15) is 9.97 Å². The molecule has 0 aliphatic rings. The SMILES string of the molecule is CCc1nc2nc(N)nc(N)c2nc1-c1ccccc1OC. The second-order valence-electron chi connectivity index (χ2n) is 4.71. The van der Waals surface area contributed by atoms with E-state index in [2.05, 4.69) is 19.9 Å². The molecule has 7 nitrogen and oxygen atoms in total. The number of aryl methyl sites for hydroxylation is 1. The van der Waals surface area contributed by atoms with Crippen LogP contribution in [0.25, 0.3) is 22.4 Å². The van der Waals surface area contributed by atoms with Gasteiger partial charge in [-0.1, -0.05) is 19.1 Å². The Kier molecular flexibility index (Phi) is 3.46. The molecule has 0 atom stereocenters. The maximum atomic E-state index is 5.90. The lowest BCUT2D eigenvalue weighted by Crippen LogP contribution is -2.06. The molecule has 2 heterocycles. The molecule has 0 bridgehead atoms. The van der Waals surface area contributed by atoms with Crippen LogP contribution < -0.4 is 16.2 Å². The molecule has 0 radical (unpaired) electrons. The Morgan fingerprint density at radius 3 is 2.55 bits per heavy atom. The summed E-state index contributed by atoms with van der Waals surface area (Å²) in [7, 11) is 1.62. The maximum Gasteiger partial charge on any atom is 0.224 e. The molecule has 0 saturated heterocycles. The summed E-state index contributed by atoms with van der Waals surface area (Å²) in [5, 5.41) is 0. The third-order valence-corrected chi connectivity index (χ3v) is 3.34. The minimum absolute atomic E-state index is 0.0893. The number of anilines is 2. The highest BCUT2D eigenvalue weighted by Gasteiger charge is 2.16. The Hall–Kier alpha value is -2.96. The molecule has 0 aliphatic heterocycles. The van der Waals surface area contributed by atoms with Crippen molar-refractivity contribution in [3.63, 3.8) is 0 Å². The Morgan fingerprint density at radius 1 is 1.05 bits per heavy atom. The average molecular weight is 296 g/mol. The Balaban J connectivity index is 2.33. The van der Waals surface area contributed by atoms with Crippen LogP contribution in [0.1, 0.15) is 12.6 Å². The van der Waals surface area contributed by atoms with Gasteiger partial charge in [0.15, 0.2) is 17.0 Å². The van der Waals surface area contributed by atoms with Crippen molar-refractivity contribution >= 4 is 22.9 Å². The molecule has 0 amide bonds. The number of rotatable bonds is 3. The fourth-order valence-electron chi connectivity index (χ4n) is 2.32. The van der Waals surface area contributed by atoms with Crippen molar-refractivity contribution in [3.05, 3.63) is 30.0 Å². The number of benzene rings is 1. The summed E-state index contributed by atoms with van der Waals surface area (Å²) in [6.45, 7) is 2.00. The lowest BCUT2D eigenvalue weighted by molar-refractivity contribution is 0.416. The summed E-state index contributed by atoms with van der Waals surface area (Å²) >= 11 is 0. The summed E-state index contributed by atoms with van der Waals surface area (Å²) in [4.78, 5) is 17.2. The topological polar surface area (TPSA) is 113 Å². The van der Waals surface area contributed by atoms with Crippen molar-refractivity contribution in [2.75, 3.05) is 18.6 Å². The van der Waals surface area contributed by atoms with Crippen LogP contribution in [0.15, 0.2) is 24.3 Å². The van der Waals surface area contributed by atoms with Crippen LogP contribution >= 0.6 is 0 Å². The van der Waals surface area contributed by atoms with E-state index in [-0.39, 0.29) is 11.8 Å². The van der Waals surface area contributed by atoms with Gasteiger partial charge in [0.25, 0.3) is 0 Å². The van der Waals surface area contributed by atoms with Gasteiger partial charge in [-0.05, 0) is 18.6 Å². The smallest absolute Gasteiger partial charge is 0.224 e. The van der Waals surface area contributed by atoms with Gasteiger partial charge < -0.3 is 16.2 Å². The third-order valence-electron chi connectivity index (χ3n) is 3.34. The molecule has 4 N–H and O–H groups in total. The van der Waals surface area contributed by atoms with Crippen molar-refractivity contribution in [1.29, 1.82) is 0 Å². The van der Waals surface area contributed by atoms with E-state index in [1.807, 2.05) is 31.2 Å². The van der Waals surface area contributed by atoms with Gasteiger partial charge in [0.05, 0.1) is 18.5 Å². The molecule has 0 fully saturated rings. The number of para-hydroxylation sites is 1. The Morgan fingerprint density at radius 2 is 1.82 bits per heavy atom. The van der Waals surface area contributed by atoms with Gasteiger partial charge in [0.2, 0.25) is 5.95 Å². The summed E-state index contributed by atoms with van der Waals surface area (Å²) < 4.78 is 5.41. The molecule has 112 valence electrons. The van der Waals surface area contributed by atoms with Crippen LogP contribution in [-0.2, 0) is 6.42 Å². The van der Waals surface area contributed by atoms with E-state index in [9.17, 15) is 0 Å². The standard InChI is InChI=1S/C15H16N6O/c1-3-9-11(8-6-4-5-7-10(8)22-2)19-12-13(16)20-15(17)21-14(12)18-9/h4-7H,3H2,1-2H3,(H4,16,17,18,20,21). The van der Waals surface area contributed by atoms with Gasteiger partial charge in [-0.15, -0.1) is 0 Å². The molecule has 0 saturated carbocycles. The lowest BCUT2D eigenvalue weighted by Gasteiger charge is -2.12. The highest BCUT2D eigenvalue weighted by Crippen LogP contribution is 2.32. The van der Waals surface area contributed by atoms with Crippen molar-refractivity contribution in [3.8, 4) is 17.0 Å². The molecule has 0 aliphatic carbocycles. The normalized spacial score (nSPS) is 10.8. The summed E-state index contributed by atoms with van der Waals surface area (Å²) in [5.74, 6) is 1.03. The zero-order valence-electron chi connectivity index (χ0n) is 12.4. The van der Waals surface area contributed by atoms with Crippen LogP contribution in [-0.4, -0.2) is 27.0 Å². The Labute approximate surface area is 127 Å². The third kappa shape index (κ3) is 2.26. The summed E-state index contributed by atoms with van der Waals surface area (Å²) in [6.07, 6.45) is 0.695. The van der Waals surface area contributed by atoms with E-state index in [1.54, 1.807) is 7.11 Å². The molecule has 2 aromatic heterocycles. The fraction of sp³-hybridized carbons (Fsp3) is 0.200. The molecular weight excluding hydrogens is 280 g/mol. The first-order valence-electron chi connectivity index (χ1n) is 6.87. The van der Waals surface area contributed by atoms with E-state index in [0.717, 1.165) is 17.0 Å². The second kappa shape index (κ2) is 5.44. The second-order valence-corrected chi connectivity index (χ2v) is 4.71. The molecule has 0 unspecified atom stereocenters. The molecule has 7 heteroatoms. The Bertz CT molecular complexity index is 849. The van der Waals surface area contributed by atoms with Crippen LogP contribution in [0.5, 0.6) is 5.75 Å². The van der Waals surface area contributed by atoms with Gasteiger partial charge >= 0.3 is 0 Å². The first-order chi connectivity index (χ1) is 10.6. The van der Waals surface area contributed by atoms with E-state index < -0.39 is 0 Å². The minimum atomic E-state index is 0.0893. The van der Waals surface area contributed by atoms with E-state index in [4.69, 9.17) is 16.2 Å². The van der Waals surface area contributed by atoms with Crippen molar-refractivity contribution in [2.24, 2.45) is 0 Å². The monoisotopic (exact) mass is 296 g/mol. The molecule has 22 heavy (non-hydrogen) atoms. The van der Waals surface area contributed by atoms with Crippen molar-refractivity contribution in [1.82, 2.24) is 19.9 Å².